The van der Waals surface area contributed by atoms with Crippen LogP contribution in [0.1, 0.15) is 17.5 Å². The van der Waals surface area contributed by atoms with Gasteiger partial charge in [-0.25, -0.2) is 0 Å². The SMILES string of the molecule is NC1(C(=O)O)CCc2ccc(Oc3ccccc3-c3cccc4ccccc34)cc2C1. The number of hydrogen-bond acceptors (Lipinski definition) is 3. The predicted octanol–water partition coefficient (Wildman–Crippen LogP) is 5.57. The number of benzene rings is 4. The fourth-order valence-electron chi connectivity index (χ4n) is 4.41. The first-order valence-corrected chi connectivity index (χ1v) is 10.4. The Labute approximate surface area is 180 Å². The second-order valence-corrected chi connectivity index (χ2v) is 8.19. The topological polar surface area (TPSA) is 72.6 Å². The number of rotatable bonds is 4. The van der Waals surface area contributed by atoms with Crippen molar-refractivity contribution in [3.05, 3.63) is 96.1 Å². The lowest BCUT2D eigenvalue weighted by atomic mass is 9.78. The van der Waals surface area contributed by atoms with Crippen molar-refractivity contribution in [1.82, 2.24) is 0 Å². The van der Waals surface area contributed by atoms with E-state index < -0.39 is 11.5 Å². The Hall–Kier alpha value is -3.63. The molecule has 3 N–H and O–H groups in total. The molecule has 4 heteroatoms. The summed E-state index contributed by atoms with van der Waals surface area (Å²) in [4.78, 5) is 11.6. The van der Waals surface area contributed by atoms with Crippen LogP contribution in [0.4, 0.5) is 0 Å². The molecular formula is C27H23NO3. The number of nitrogens with two attached hydrogens (primary N) is 1. The summed E-state index contributed by atoms with van der Waals surface area (Å²) in [6.45, 7) is 0. The zero-order chi connectivity index (χ0) is 21.4. The average Bonchev–Trinajstić information content (AvgIpc) is 2.79. The van der Waals surface area contributed by atoms with Crippen LogP contribution in [0.3, 0.4) is 0 Å². The molecule has 0 aliphatic heterocycles. The summed E-state index contributed by atoms with van der Waals surface area (Å²) in [5.41, 5.74) is 9.11. The molecule has 1 aliphatic carbocycles. The largest absolute Gasteiger partial charge is 0.480 e. The Bertz CT molecular complexity index is 1290. The highest BCUT2D eigenvalue weighted by molar-refractivity contribution is 5.98. The normalized spacial score (nSPS) is 17.8. The molecule has 0 spiro atoms. The molecule has 0 radical (unpaired) electrons. The quantitative estimate of drug-likeness (QED) is 0.462. The summed E-state index contributed by atoms with van der Waals surface area (Å²) < 4.78 is 6.32. The highest BCUT2D eigenvalue weighted by Crippen LogP contribution is 2.38. The Balaban J connectivity index is 1.52. The summed E-state index contributed by atoms with van der Waals surface area (Å²) in [5.74, 6) is 0.485. The third-order valence-electron chi connectivity index (χ3n) is 6.14. The zero-order valence-electron chi connectivity index (χ0n) is 17.0. The number of carboxylic acids is 1. The molecule has 0 amide bonds. The van der Waals surface area contributed by atoms with Gasteiger partial charge in [0.2, 0.25) is 0 Å². The first kappa shape index (κ1) is 19.3. The van der Waals surface area contributed by atoms with Crippen LogP contribution in [0.25, 0.3) is 21.9 Å². The first-order chi connectivity index (χ1) is 15.0. The van der Waals surface area contributed by atoms with Crippen molar-refractivity contribution >= 4 is 16.7 Å². The van der Waals surface area contributed by atoms with E-state index >= 15 is 0 Å². The molecule has 154 valence electrons. The van der Waals surface area contributed by atoms with Crippen molar-refractivity contribution in [2.24, 2.45) is 5.73 Å². The standard InChI is InChI=1S/C27H23NO3/c28-27(26(29)30)15-14-18-12-13-21(16-20(18)17-27)31-25-11-4-3-9-24(25)23-10-5-7-19-6-1-2-8-22(19)23/h1-13,16H,14-15,17,28H2,(H,29,30). The van der Waals surface area contributed by atoms with Crippen molar-refractivity contribution in [2.45, 2.75) is 24.8 Å². The summed E-state index contributed by atoms with van der Waals surface area (Å²) in [5, 5.41) is 11.9. The van der Waals surface area contributed by atoms with E-state index in [0.717, 1.165) is 28.0 Å². The minimum absolute atomic E-state index is 0.305. The number of ether oxygens (including phenoxy) is 1. The van der Waals surface area contributed by atoms with Crippen LogP contribution >= 0.6 is 0 Å². The van der Waals surface area contributed by atoms with Crippen molar-refractivity contribution in [1.29, 1.82) is 0 Å². The summed E-state index contributed by atoms with van der Waals surface area (Å²) in [7, 11) is 0. The Morgan fingerprint density at radius 2 is 1.61 bits per heavy atom. The Morgan fingerprint density at radius 1 is 0.871 bits per heavy atom. The van der Waals surface area contributed by atoms with E-state index in [1.165, 1.54) is 10.8 Å². The number of para-hydroxylation sites is 1. The maximum atomic E-state index is 11.6. The van der Waals surface area contributed by atoms with Gasteiger partial charge in [0, 0.05) is 12.0 Å². The fourth-order valence-corrected chi connectivity index (χ4v) is 4.41. The van der Waals surface area contributed by atoms with Gasteiger partial charge >= 0.3 is 5.97 Å². The lowest BCUT2D eigenvalue weighted by molar-refractivity contribution is -0.143. The molecule has 31 heavy (non-hydrogen) atoms. The van der Waals surface area contributed by atoms with E-state index in [1.807, 2.05) is 48.5 Å². The molecule has 0 heterocycles. The second-order valence-electron chi connectivity index (χ2n) is 8.19. The van der Waals surface area contributed by atoms with Gasteiger partial charge in [-0.2, -0.15) is 0 Å². The minimum atomic E-state index is -1.22. The van der Waals surface area contributed by atoms with E-state index in [-0.39, 0.29) is 0 Å². The molecule has 4 nitrogen and oxygen atoms in total. The van der Waals surface area contributed by atoms with Gasteiger partial charge in [0.25, 0.3) is 0 Å². The fraction of sp³-hybridized carbons (Fsp3) is 0.148. The zero-order valence-corrected chi connectivity index (χ0v) is 17.0. The van der Waals surface area contributed by atoms with Gasteiger partial charge in [-0.1, -0.05) is 66.7 Å². The van der Waals surface area contributed by atoms with E-state index in [2.05, 4.69) is 36.4 Å². The Kier molecular flexibility index (Phi) is 4.72. The molecule has 1 unspecified atom stereocenters. The molecule has 4 aromatic rings. The second kappa shape index (κ2) is 7.56. The maximum absolute atomic E-state index is 11.6. The predicted molar refractivity (Wildman–Crippen MR) is 122 cm³/mol. The van der Waals surface area contributed by atoms with Gasteiger partial charge in [-0.05, 0) is 58.5 Å². The number of aliphatic carboxylic acids is 1. The van der Waals surface area contributed by atoms with E-state index in [0.29, 0.717) is 25.0 Å². The molecule has 0 aromatic heterocycles. The van der Waals surface area contributed by atoms with Crippen LogP contribution in [0.15, 0.2) is 84.9 Å². The molecule has 4 aromatic carbocycles. The summed E-state index contributed by atoms with van der Waals surface area (Å²) in [6, 6.07) is 28.4. The minimum Gasteiger partial charge on any atom is -0.480 e. The maximum Gasteiger partial charge on any atom is 0.324 e. The van der Waals surface area contributed by atoms with Gasteiger partial charge in [-0.15, -0.1) is 0 Å². The summed E-state index contributed by atoms with van der Waals surface area (Å²) in [6.07, 6.45) is 1.41. The third-order valence-corrected chi connectivity index (χ3v) is 6.14. The van der Waals surface area contributed by atoms with Crippen LogP contribution in [0.2, 0.25) is 0 Å². The highest BCUT2D eigenvalue weighted by atomic mass is 16.5. The lowest BCUT2D eigenvalue weighted by Crippen LogP contribution is -2.52. The number of hydrogen-bond donors (Lipinski definition) is 2. The van der Waals surface area contributed by atoms with Crippen LogP contribution in [0.5, 0.6) is 11.5 Å². The van der Waals surface area contributed by atoms with Crippen LogP contribution in [-0.4, -0.2) is 16.6 Å². The van der Waals surface area contributed by atoms with Crippen molar-refractivity contribution < 1.29 is 14.6 Å². The van der Waals surface area contributed by atoms with Crippen molar-refractivity contribution in [2.75, 3.05) is 0 Å². The van der Waals surface area contributed by atoms with Crippen molar-refractivity contribution in [3.63, 3.8) is 0 Å². The van der Waals surface area contributed by atoms with E-state index in [9.17, 15) is 9.90 Å². The number of fused-ring (bicyclic) bond motifs is 2. The molecule has 1 atom stereocenters. The van der Waals surface area contributed by atoms with Crippen LogP contribution in [-0.2, 0) is 17.6 Å². The van der Waals surface area contributed by atoms with Gasteiger partial charge in [0.05, 0.1) is 0 Å². The van der Waals surface area contributed by atoms with E-state index in [1.54, 1.807) is 0 Å². The number of carboxylic acid groups (broad SMARTS) is 1. The van der Waals surface area contributed by atoms with Crippen LogP contribution in [0, 0.1) is 0 Å². The molecule has 0 saturated heterocycles. The highest BCUT2D eigenvalue weighted by Gasteiger charge is 2.37. The smallest absolute Gasteiger partial charge is 0.324 e. The van der Waals surface area contributed by atoms with Gasteiger partial charge in [-0.3, -0.25) is 4.79 Å². The van der Waals surface area contributed by atoms with Gasteiger partial charge in [0.15, 0.2) is 0 Å². The average molecular weight is 409 g/mol. The molecule has 0 bridgehead atoms. The molecule has 5 rings (SSSR count). The number of aryl methyl sites for hydroxylation is 1. The van der Waals surface area contributed by atoms with Crippen molar-refractivity contribution in [3.8, 4) is 22.6 Å². The third kappa shape index (κ3) is 3.56. The monoisotopic (exact) mass is 409 g/mol. The van der Waals surface area contributed by atoms with E-state index in [4.69, 9.17) is 10.5 Å². The molecule has 0 fully saturated rings. The summed E-state index contributed by atoms with van der Waals surface area (Å²) >= 11 is 0. The van der Waals surface area contributed by atoms with Gasteiger partial charge in [0.1, 0.15) is 17.0 Å². The molecular weight excluding hydrogens is 386 g/mol. The number of carbonyl (C=O) groups is 1. The van der Waals surface area contributed by atoms with Crippen LogP contribution < -0.4 is 10.5 Å². The van der Waals surface area contributed by atoms with Gasteiger partial charge < -0.3 is 15.6 Å². The lowest BCUT2D eigenvalue weighted by Gasteiger charge is -2.31. The molecule has 1 aliphatic rings. The first-order valence-electron chi connectivity index (χ1n) is 10.4. The molecule has 0 saturated carbocycles. The Morgan fingerprint density at radius 3 is 2.48 bits per heavy atom.